The van der Waals surface area contributed by atoms with Crippen molar-refractivity contribution in [3.05, 3.63) is 29.6 Å². The van der Waals surface area contributed by atoms with Gasteiger partial charge in [0.25, 0.3) is 0 Å². The fraction of sp³-hybridized carbons (Fsp3) is 0.500. The predicted molar refractivity (Wildman–Crippen MR) is 70.6 cm³/mol. The molecule has 1 aromatic rings. The van der Waals surface area contributed by atoms with E-state index in [2.05, 4.69) is 4.72 Å². The van der Waals surface area contributed by atoms with Crippen molar-refractivity contribution in [3.63, 3.8) is 0 Å². The molecule has 19 heavy (non-hydrogen) atoms. The summed E-state index contributed by atoms with van der Waals surface area (Å²) in [6, 6.07) is 3.87. The van der Waals surface area contributed by atoms with Crippen molar-refractivity contribution in [1.82, 2.24) is 4.72 Å². The molecule has 0 saturated carbocycles. The molecule has 0 heterocycles. The van der Waals surface area contributed by atoms with Crippen molar-refractivity contribution in [1.29, 1.82) is 0 Å². The van der Waals surface area contributed by atoms with Crippen molar-refractivity contribution >= 4 is 10.0 Å². The molecule has 0 aromatic heterocycles. The van der Waals surface area contributed by atoms with E-state index < -0.39 is 15.8 Å². The SMILES string of the molecule is COCCCCNS(=O)(=O)c1ccc(CN)cc1F. The molecule has 0 aliphatic rings. The average Bonchev–Trinajstić information content (AvgIpc) is 2.37. The van der Waals surface area contributed by atoms with Crippen LogP contribution < -0.4 is 10.5 Å². The zero-order valence-electron chi connectivity index (χ0n) is 10.9. The van der Waals surface area contributed by atoms with Crippen LogP contribution in [0, 0.1) is 5.82 Å². The molecule has 0 fully saturated rings. The maximum Gasteiger partial charge on any atom is 0.243 e. The zero-order chi connectivity index (χ0) is 14.3. The highest BCUT2D eigenvalue weighted by molar-refractivity contribution is 7.89. The minimum absolute atomic E-state index is 0.168. The molecule has 0 spiro atoms. The van der Waals surface area contributed by atoms with Crippen LogP contribution >= 0.6 is 0 Å². The Morgan fingerprint density at radius 1 is 1.37 bits per heavy atom. The molecule has 0 amide bonds. The Balaban J connectivity index is 2.67. The number of nitrogens with one attached hydrogen (secondary N) is 1. The number of methoxy groups -OCH3 is 1. The van der Waals surface area contributed by atoms with Crippen LogP contribution in [-0.4, -0.2) is 28.7 Å². The number of hydrogen-bond acceptors (Lipinski definition) is 4. The highest BCUT2D eigenvalue weighted by atomic mass is 32.2. The number of ether oxygens (including phenoxy) is 1. The first-order chi connectivity index (χ1) is 9.01. The molecular weight excluding hydrogens is 271 g/mol. The molecule has 0 saturated heterocycles. The second-order valence-electron chi connectivity index (χ2n) is 4.07. The van der Waals surface area contributed by atoms with Crippen molar-refractivity contribution in [3.8, 4) is 0 Å². The molecule has 0 aliphatic heterocycles. The standard InChI is InChI=1S/C12H19FN2O3S/c1-18-7-3-2-6-15-19(16,17)12-5-4-10(9-14)8-11(12)13/h4-5,8,15H,2-3,6-7,9,14H2,1H3. The van der Waals surface area contributed by atoms with Gasteiger partial charge < -0.3 is 10.5 Å². The van der Waals surface area contributed by atoms with Gasteiger partial charge >= 0.3 is 0 Å². The molecule has 0 aliphatic carbocycles. The monoisotopic (exact) mass is 290 g/mol. The lowest BCUT2D eigenvalue weighted by Gasteiger charge is -2.08. The quantitative estimate of drug-likeness (QED) is 0.700. The van der Waals surface area contributed by atoms with Gasteiger partial charge in [-0.05, 0) is 30.5 Å². The van der Waals surface area contributed by atoms with Gasteiger partial charge in [0.2, 0.25) is 10.0 Å². The van der Waals surface area contributed by atoms with Gasteiger partial charge in [-0.25, -0.2) is 17.5 Å². The van der Waals surface area contributed by atoms with Crippen LogP contribution in [0.3, 0.4) is 0 Å². The summed E-state index contributed by atoms with van der Waals surface area (Å²) in [6.45, 7) is 0.993. The van der Waals surface area contributed by atoms with E-state index in [1.165, 1.54) is 12.1 Å². The summed E-state index contributed by atoms with van der Waals surface area (Å²) in [7, 11) is -2.23. The number of hydrogen-bond donors (Lipinski definition) is 2. The van der Waals surface area contributed by atoms with E-state index in [4.69, 9.17) is 10.5 Å². The molecular formula is C12H19FN2O3S. The van der Waals surface area contributed by atoms with Gasteiger partial charge in [-0.3, -0.25) is 0 Å². The maximum absolute atomic E-state index is 13.7. The van der Waals surface area contributed by atoms with Crippen LogP contribution in [0.25, 0.3) is 0 Å². The lowest BCUT2D eigenvalue weighted by Crippen LogP contribution is -2.26. The fourth-order valence-electron chi connectivity index (χ4n) is 1.54. The number of sulfonamides is 1. The normalized spacial score (nSPS) is 11.7. The van der Waals surface area contributed by atoms with Gasteiger partial charge in [-0.15, -0.1) is 0 Å². The van der Waals surface area contributed by atoms with Gasteiger partial charge in [0.15, 0.2) is 0 Å². The lowest BCUT2D eigenvalue weighted by molar-refractivity contribution is 0.193. The smallest absolute Gasteiger partial charge is 0.243 e. The molecule has 0 unspecified atom stereocenters. The number of unbranched alkanes of at least 4 members (excludes halogenated alkanes) is 1. The number of nitrogens with two attached hydrogens (primary N) is 1. The summed E-state index contributed by atoms with van der Waals surface area (Å²) in [5, 5.41) is 0. The fourth-order valence-corrected chi connectivity index (χ4v) is 2.68. The molecule has 3 N–H and O–H groups in total. The Bertz CT molecular complexity index is 506. The molecule has 1 aromatic carbocycles. The van der Waals surface area contributed by atoms with Gasteiger partial charge in [-0.1, -0.05) is 6.07 Å². The van der Waals surface area contributed by atoms with E-state index in [0.717, 1.165) is 12.5 Å². The Kier molecular flexibility index (Phi) is 6.36. The zero-order valence-corrected chi connectivity index (χ0v) is 11.7. The first-order valence-electron chi connectivity index (χ1n) is 5.98. The van der Waals surface area contributed by atoms with Gasteiger partial charge in [0.1, 0.15) is 10.7 Å². The number of benzene rings is 1. The highest BCUT2D eigenvalue weighted by Gasteiger charge is 2.18. The molecule has 7 heteroatoms. The van der Waals surface area contributed by atoms with Crippen LogP contribution in [0.15, 0.2) is 23.1 Å². The van der Waals surface area contributed by atoms with Gasteiger partial charge in [0.05, 0.1) is 0 Å². The van der Waals surface area contributed by atoms with Crippen molar-refractivity contribution in [2.24, 2.45) is 5.73 Å². The largest absolute Gasteiger partial charge is 0.385 e. The number of rotatable bonds is 8. The number of halogens is 1. The second kappa shape index (κ2) is 7.54. The first kappa shape index (κ1) is 16.0. The van der Waals surface area contributed by atoms with Crippen LogP contribution in [0.5, 0.6) is 0 Å². The van der Waals surface area contributed by atoms with Crippen LogP contribution in [0.4, 0.5) is 4.39 Å². The van der Waals surface area contributed by atoms with Crippen molar-refractivity contribution in [2.75, 3.05) is 20.3 Å². The molecule has 5 nitrogen and oxygen atoms in total. The molecule has 1 rings (SSSR count). The van der Waals surface area contributed by atoms with Crippen LogP contribution in [-0.2, 0) is 21.3 Å². The predicted octanol–water partition coefficient (Wildman–Crippen LogP) is 0.989. The summed E-state index contributed by atoms with van der Waals surface area (Å²) in [5.41, 5.74) is 5.91. The lowest BCUT2D eigenvalue weighted by atomic mass is 10.2. The van der Waals surface area contributed by atoms with Crippen molar-refractivity contribution in [2.45, 2.75) is 24.3 Å². The summed E-state index contributed by atoms with van der Waals surface area (Å²) in [6.07, 6.45) is 1.38. The first-order valence-corrected chi connectivity index (χ1v) is 7.46. The molecule has 0 atom stereocenters. The Hall–Kier alpha value is -1.02. The second-order valence-corrected chi connectivity index (χ2v) is 5.80. The minimum atomic E-state index is -3.81. The highest BCUT2D eigenvalue weighted by Crippen LogP contribution is 2.15. The third kappa shape index (κ3) is 4.87. The van der Waals surface area contributed by atoms with E-state index in [9.17, 15) is 12.8 Å². The van der Waals surface area contributed by atoms with E-state index >= 15 is 0 Å². The van der Waals surface area contributed by atoms with Crippen LogP contribution in [0.2, 0.25) is 0 Å². The van der Waals surface area contributed by atoms with Gasteiger partial charge in [0, 0.05) is 26.8 Å². The molecule has 0 bridgehead atoms. The van der Waals surface area contributed by atoms with E-state index in [0.29, 0.717) is 18.6 Å². The Morgan fingerprint density at radius 3 is 2.68 bits per heavy atom. The average molecular weight is 290 g/mol. The summed E-state index contributed by atoms with van der Waals surface area (Å²) in [4.78, 5) is -0.351. The third-order valence-electron chi connectivity index (χ3n) is 2.59. The Morgan fingerprint density at radius 2 is 2.11 bits per heavy atom. The van der Waals surface area contributed by atoms with Crippen LogP contribution in [0.1, 0.15) is 18.4 Å². The molecule has 0 radical (unpaired) electrons. The summed E-state index contributed by atoms with van der Waals surface area (Å²) >= 11 is 0. The topological polar surface area (TPSA) is 81.4 Å². The minimum Gasteiger partial charge on any atom is -0.385 e. The van der Waals surface area contributed by atoms with E-state index in [-0.39, 0.29) is 18.0 Å². The van der Waals surface area contributed by atoms with Gasteiger partial charge in [-0.2, -0.15) is 0 Å². The summed E-state index contributed by atoms with van der Waals surface area (Å²) < 4.78 is 44.6. The third-order valence-corrected chi connectivity index (χ3v) is 4.08. The van der Waals surface area contributed by atoms with E-state index in [1.54, 1.807) is 7.11 Å². The Labute approximate surface area is 113 Å². The molecule has 108 valence electrons. The van der Waals surface area contributed by atoms with E-state index in [1.807, 2.05) is 0 Å². The van der Waals surface area contributed by atoms with Crippen molar-refractivity contribution < 1.29 is 17.5 Å². The maximum atomic E-state index is 13.7. The summed E-state index contributed by atoms with van der Waals surface area (Å²) in [5.74, 6) is -0.785.